The van der Waals surface area contributed by atoms with Crippen LogP contribution in [-0.4, -0.2) is 42.5 Å². The van der Waals surface area contributed by atoms with Crippen molar-refractivity contribution in [3.8, 4) is 0 Å². The molecule has 1 heterocycles. The zero-order chi connectivity index (χ0) is 19.6. The lowest BCUT2D eigenvalue weighted by Crippen LogP contribution is -2.52. The highest BCUT2D eigenvalue weighted by Crippen LogP contribution is 2.27. The van der Waals surface area contributed by atoms with Crippen molar-refractivity contribution >= 4 is 18.4 Å². The Morgan fingerprint density at radius 2 is 1.86 bits per heavy atom. The standard InChI is InChI=1S/C22H28FN3O.ClH/c1-15-9-16(2)11-18(10-15)14-25(4)22(27)26-8-7-24-13-21(26)20-6-5-19(23)12-17(20)3;/h5-6,9-12,21,24H,7-8,13-14H2,1-4H3;1H/t21-;/m1./s1. The fourth-order valence-electron chi connectivity index (χ4n) is 3.95. The average molecular weight is 406 g/mol. The van der Waals surface area contributed by atoms with Gasteiger partial charge >= 0.3 is 6.03 Å². The van der Waals surface area contributed by atoms with Gasteiger partial charge in [-0.1, -0.05) is 35.4 Å². The van der Waals surface area contributed by atoms with Gasteiger partial charge in [-0.3, -0.25) is 0 Å². The SMILES string of the molecule is Cc1cc(C)cc(CN(C)C(=O)N2CCNC[C@@H]2c2ccc(F)cc2C)c1.Cl. The molecule has 1 aliphatic rings. The van der Waals surface area contributed by atoms with E-state index in [1.54, 1.807) is 11.0 Å². The quantitative estimate of drug-likeness (QED) is 0.822. The van der Waals surface area contributed by atoms with Crippen molar-refractivity contribution in [1.29, 1.82) is 0 Å². The van der Waals surface area contributed by atoms with Gasteiger partial charge in [-0.2, -0.15) is 0 Å². The molecule has 4 nitrogen and oxygen atoms in total. The fraction of sp³-hybridized carbons (Fsp3) is 0.409. The number of halogens is 2. The summed E-state index contributed by atoms with van der Waals surface area (Å²) in [5.74, 6) is -0.246. The van der Waals surface area contributed by atoms with Crippen molar-refractivity contribution in [2.45, 2.75) is 33.4 Å². The number of hydrogen-bond acceptors (Lipinski definition) is 2. The van der Waals surface area contributed by atoms with Crippen LogP contribution in [0.25, 0.3) is 0 Å². The van der Waals surface area contributed by atoms with Gasteiger partial charge in [0, 0.05) is 33.2 Å². The summed E-state index contributed by atoms with van der Waals surface area (Å²) in [4.78, 5) is 16.9. The molecule has 2 aromatic carbocycles. The first-order valence-electron chi connectivity index (χ1n) is 9.41. The van der Waals surface area contributed by atoms with E-state index < -0.39 is 0 Å². The number of rotatable bonds is 3. The number of amides is 2. The summed E-state index contributed by atoms with van der Waals surface area (Å²) in [5.41, 5.74) is 5.41. The molecule has 0 radical (unpaired) electrons. The number of urea groups is 1. The molecule has 1 N–H and O–H groups in total. The zero-order valence-electron chi connectivity index (χ0n) is 17.0. The van der Waals surface area contributed by atoms with E-state index in [9.17, 15) is 9.18 Å². The first-order valence-corrected chi connectivity index (χ1v) is 9.41. The monoisotopic (exact) mass is 405 g/mol. The zero-order valence-corrected chi connectivity index (χ0v) is 17.8. The third-order valence-electron chi connectivity index (χ3n) is 5.11. The second-order valence-corrected chi connectivity index (χ2v) is 7.55. The summed E-state index contributed by atoms with van der Waals surface area (Å²) in [6.45, 7) is 8.69. The maximum absolute atomic E-state index is 13.5. The van der Waals surface area contributed by atoms with E-state index in [-0.39, 0.29) is 30.3 Å². The molecule has 0 spiro atoms. The minimum absolute atomic E-state index is 0. The van der Waals surface area contributed by atoms with E-state index in [1.807, 2.05) is 18.9 Å². The molecule has 0 saturated carbocycles. The van der Waals surface area contributed by atoms with Crippen LogP contribution >= 0.6 is 12.4 Å². The third kappa shape index (κ3) is 5.03. The van der Waals surface area contributed by atoms with Crippen LogP contribution in [0.2, 0.25) is 0 Å². The summed E-state index contributed by atoms with van der Waals surface area (Å²) in [6, 6.07) is 11.1. The molecule has 1 fully saturated rings. The molecule has 1 atom stereocenters. The van der Waals surface area contributed by atoms with Gasteiger partial charge in [0.1, 0.15) is 5.82 Å². The molecule has 0 aliphatic carbocycles. The number of nitrogens with one attached hydrogen (secondary N) is 1. The van der Waals surface area contributed by atoms with E-state index >= 15 is 0 Å². The normalized spacial score (nSPS) is 16.5. The number of benzene rings is 2. The van der Waals surface area contributed by atoms with E-state index in [1.165, 1.54) is 23.3 Å². The van der Waals surface area contributed by atoms with Crippen molar-refractivity contribution in [3.63, 3.8) is 0 Å². The smallest absolute Gasteiger partial charge is 0.320 e. The Labute approximate surface area is 173 Å². The Balaban J connectivity index is 0.00000280. The van der Waals surface area contributed by atoms with Crippen molar-refractivity contribution in [1.82, 2.24) is 15.1 Å². The fourth-order valence-corrected chi connectivity index (χ4v) is 3.95. The van der Waals surface area contributed by atoms with Crippen LogP contribution < -0.4 is 5.32 Å². The van der Waals surface area contributed by atoms with Crippen LogP contribution in [0.4, 0.5) is 9.18 Å². The van der Waals surface area contributed by atoms with Crippen molar-refractivity contribution in [2.75, 3.05) is 26.7 Å². The number of nitrogens with zero attached hydrogens (tertiary/aromatic N) is 2. The first-order chi connectivity index (χ1) is 12.8. The summed E-state index contributed by atoms with van der Waals surface area (Å²) in [6.07, 6.45) is 0. The highest BCUT2D eigenvalue weighted by atomic mass is 35.5. The Morgan fingerprint density at radius 3 is 2.50 bits per heavy atom. The first kappa shape index (κ1) is 22.2. The Hall–Kier alpha value is -2.11. The van der Waals surface area contributed by atoms with Crippen LogP contribution in [0.15, 0.2) is 36.4 Å². The molecule has 6 heteroatoms. The summed E-state index contributed by atoms with van der Waals surface area (Å²) >= 11 is 0. The second kappa shape index (κ2) is 9.39. The summed E-state index contributed by atoms with van der Waals surface area (Å²) in [7, 11) is 1.84. The number of hydrogen-bond donors (Lipinski definition) is 1. The van der Waals surface area contributed by atoms with E-state index in [0.29, 0.717) is 19.6 Å². The van der Waals surface area contributed by atoms with E-state index in [2.05, 4.69) is 37.4 Å². The van der Waals surface area contributed by atoms with E-state index in [0.717, 1.165) is 23.2 Å². The highest BCUT2D eigenvalue weighted by Gasteiger charge is 2.30. The maximum Gasteiger partial charge on any atom is 0.320 e. The second-order valence-electron chi connectivity index (χ2n) is 7.55. The van der Waals surface area contributed by atoms with Crippen molar-refractivity contribution < 1.29 is 9.18 Å². The van der Waals surface area contributed by atoms with Gasteiger partial charge in [0.25, 0.3) is 0 Å². The minimum atomic E-state index is -0.246. The lowest BCUT2D eigenvalue weighted by Gasteiger charge is -2.39. The van der Waals surface area contributed by atoms with Crippen LogP contribution in [0.5, 0.6) is 0 Å². The molecule has 1 aliphatic heterocycles. The van der Waals surface area contributed by atoms with Crippen molar-refractivity contribution in [2.24, 2.45) is 0 Å². The Bertz CT molecular complexity index is 822. The van der Waals surface area contributed by atoms with Crippen LogP contribution in [0.1, 0.15) is 33.9 Å². The third-order valence-corrected chi connectivity index (χ3v) is 5.11. The van der Waals surface area contributed by atoms with Gasteiger partial charge in [-0.25, -0.2) is 9.18 Å². The predicted molar refractivity (Wildman–Crippen MR) is 113 cm³/mol. The van der Waals surface area contributed by atoms with Gasteiger partial charge < -0.3 is 15.1 Å². The molecular formula is C22H29ClFN3O. The van der Waals surface area contributed by atoms with Crippen LogP contribution in [0.3, 0.4) is 0 Å². The molecular weight excluding hydrogens is 377 g/mol. The van der Waals surface area contributed by atoms with Crippen molar-refractivity contribution in [3.05, 3.63) is 70.0 Å². The number of aryl methyl sites for hydroxylation is 3. The number of carbonyl (C=O) groups excluding carboxylic acids is 1. The van der Waals surface area contributed by atoms with Gasteiger partial charge in [-0.05, 0) is 49.6 Å². The molecule has 0 unspecified atom stereocenters. The molecule has 3 rings (SSSR count). The maximum atomic E-state index is 13.5. The lowest BCUT2D eigenvalue weighted by atomic mass is 9.98. The molecule has 152 valence electrons. The van der Waals surface area contributed by atoms with Gasteiger partial charge in [-0.15, -0.1) is 12.4 Å². The van der Waals surface area contributed by atoms with E-state index in [4.69, 9.17) is 0 Å². The molecule has 1 saturated heterocycles. The molecule has 2 amide bonds. The highest BCUT2D eigenvalue weighted by molar-refractivity contribution is 5.85. The molecule has 0 aromatic heterocycles. The Morgan fingerprint density at radius 1 is 1.18 bits per heavy atom. The van der Waals surface area contributed by atoms with Gasteiger partial charge in [0.05, 0.1) is 6.04 Å². The lowest BCUT2D eigenvalue weighted by molar-refractivity contribution is 0.126. The summed E-state index contributed by atoms with van der Waals surface area (Å²) < 4.78 is 13.5. The number of carbonyl (C=O) groups is 1. The number of piperazine rings is 1. The largest absolute Gasteiger partial charge is 0.323 e. The summed E-state index contributed by atoms with van der Waals surface area (Å²) in [5, 5.41) is 3.36. The molecule has 28 heavy (non-hydrogen) atoms. The molecule has 2 aromatic rings. The average Bonchev–Trinajstić information content (AvgIpc) is 2.60. The topological polar surface area (TPSA) is 35.6 Å². The molecule has 0 bridgehead atoms. The van der Waals surface area contributed by atoms with Gasteiger partial charge in [0.15, 0.2) is 0 Å². The van der Waals surface area contributed by atoms with Crippen LogP contribution in [0, 0.1) is 26.6 Å². The van der Waals surface area contributed by atoms with Crippen LogP contribution in [-0.2, 0) is 6.54 Å². The van der Waals surface area contributed by atoms with Gasteiger partial charge in [0.2, 0.25) is 0 Å². The minimum Gasteiger partial charge on any atom is -0.323 e. The Kier molecular flexibility index (Phi) is 7.44. The predicted octanol–water partition coefficient (Wildman–Crippen LogP) is 4.37.